The summed E-state index contributed by atoms with van der Waals surface area (Å²) in [6.45, 7) is 1.85. The number of piperidine rings is 1. The number of amides is 1. The molecule has 1 atom stereocenters. The van der Waals surface area contributed by atoms with Crippen molar-refractivity contribution in [3.8, 4) is 0 Å². The molecule has 0 unspecified atom stereocenters. The lowest BCUT2D eigenvalue weighted by Crippen LogP contribution is -2.55. The van der Waals surface area contributed by atoms with Crippen LogP contribution in [0.15, 0.2) is 12.4 Å². The highest BCUT2D eigenvalue weighted by molar-refractivity contribution is 5.85. The summed E-state index contributed by atoms with van der Waals surface area (Å²) in [4.78, 5) is 16.0. The number of methoxy groups -OCH3 is 1. The molecule has 6 nitrogen and oxygen atoms in total. The van der Waals surface area contributed by atoms with E-state index in [1.54, 1.807) is 29.3 Å². The summed E-state index contributed by atoms with van der Waals surface area (Å²) in [5, 5.41) is 6.53. The number of alkyl halides is 2. The van der Waals surface area contributed by atoms with Crippen LogP contribution in [0.2, 0.25) is 0 Å². The molecular weight excluding hydrogens is 306 g/mol. The van der Waals surface area contributed by atoms with E-state index in [0.29, 0.717) is 39.2 Å². The van der Waals surface area contributed by atoms with E-state index in [0.717, 1.165) is 5.56 Å². The zero-order valence-electron chi connectivity index (χ0n) is 13.2. The molecule has 1 aromatic rings. The first-order chi connectivity index (χ1) is 10.9. The molecule has 2 fully saturated rings. The van der Waals surface area contributed by atoms with E-state index in [2.05, 4.69) is 10.2 Å². The van der Waals surface area contributed by atoms with Crippen molar-refractivity contribution in [3.63, 3.8) is 0 Å². The van der Waals surface area contributed by atoms with Crippen molar-refractivity contribution in [2.75, 3.05) is 39.9 Å². The Morgan fingerprint density at radius 3 is 2.96 bits per heavy atom. The van der Waals surface area contributed by atoms with Gasteiger partial charge < -0.3 is 9.64 Å². The summed E-state index contributed by atoms with van der Waals surface area (Å²) in [6, 6.07) is 0. The summed E-state index contributed by atoms with van der Waals surface area (Å²) in [5.41, 5.74) is -0.126. The smallest absolute Gasteiger partial charge is 0.261 e. The number of nitrogens with zero attached hydrogens (tertiary/aromatic N) is 3. The fraction of sp³-hybridized carbons (Fsp3) is 0.733. The molecule has 0 bridgehead atoms. The average molecular weight is 328 g/mol. The zero-order valence-corrected chi connectivity index (χ0v) is 13.2. The van der Waals surface area contributed by atoms with Gasteiger partial charge in [0.15, 0.2) is 0 Å². The molecule has 1 N–H and O–H groups in total. The quantitative estimate of drug-likeness (QED) is 0.880. The molecule has 1 amide bonds. The number of carbonyl (C=O) groups excluding carboxylic acids is 1. The van der Waals surface area contributed by atoms with E-state index < -0.39 is 11.3 Å². The second kappa shape index (κ2) is 6.16. The Morgan fingerprint density at radius 1 is 1.43 bits per heavy atom. The third-order valence-electron chi connectivity index (χ3n) is 4.71. The van der Waals surface area contributed by atoms with E-state index in [4.69, 9.17) is 4.74 Å². The molecule has 0 aromatic carbocycles. The molecule has 128 valence electrons. The Balaban J connectivity index is 1.74. The highest BCUT2D eigenvalue weighted by Crippen LogP contribution is 2.45. The van der Waals surface area contributed by atoms with Gasteiger partial charge in [0, 0.05) is 51.5 Å². The minimum Gasteiger partial charge on any atom is -0.383 e. The molecular formula is C15H22F2N4O2. The molecule has 1 spiro atoms. The second-order valence-electron chi connectivity index (χ2n) is 6.60. The average Bonchev–Trinajstić information content (AvgIpc) is 3.06. The predicted octanol–water partition coefficient (Wildman–Crippen LogP) is 1.12. The summed E-state index contributed by atoms with van der Waals surface area (Å²) in [6.07, 6.45) is 3.44. The number of halogens is 2. The van der Waals surface area contributed by atoms with Crippen LogP contribution in [0, 0.1) is 5.41 Å². The van der Waals surface area contributed by atoms with Crippen LogP contribution in [-0.4, -0.2) is 71.7 Å². The highest BCUT2D eigenvalue weighted by Gasteiger charge is 2.56. The Hall–Kier alpha value is -1.54. The van der Waals surface area contributed by atoms with Gasteiger partial charge in [-0.25, -0.2) is 8.78 Å². The van der Waals surface area contributed by atoms with E-state index >= 15 is 0 Å². The number of hydrogen-bond donors (Lipinski definition) is 1. The third kappa shape index (κ3) is 3.37. The van der Waals surface area contributed by atoms with Crippen LogP contribution in [-0.2, 0) is 16.1 Å². The van der Waals surface area contributed by atoms with E-state index in [1.807, 2.05) is 0 Å². The summed E-state index contributed by atoms with van der Waals surface area (Å²) < 4.78 is 33.5. The van der Waals surface area contributed by atoms with Gasteiger partial charge in [0.1, 0.15) is 0 Å². The van der Waals surface area contributed by atoms with Gasteiger partial charge in [0.25, 0.3) is 5.92 Å². The number of aromatic nitrogens is 2. The number of nitrogens with one attached hydrogen (secondary N) is 1. The number of ether oxygens (including phenoxy) is 1. The Bertz CT molecular complexity index is 552. The molecule has 2 aliphatic rings. The van der Waals surface area contributed by atoms with Gasteiger partial charge in [0.05, 0.1) is 24.8 Å². The number of aromatic amines is 1. The van der Waals surface area contributed by atoms with Crippen molar-refractivity contribution < 1.29 is 18.3 Å². The molecule has 1 aromatic heterocycles. The van der Waals surface area contributed by atoms with Gasteiger partial charge in [-0.1, -0.05) is 0 Å². The molecule has 23 heavy (non-hydrogen) atoms. The van der Waals surface area contributed by atoms with Gasteiger partial charge in [-0.2, -0.15) is 5.10 Å². The normalized spacial score (nSPS) is 28.0. The van der Waals surface area contributed by atoms with E-state index in [-0.39, 0.29) is 18.9 Å². The van der Waals surface area contributed by atoms with E-state index in [1.165, 1.54) is 0 Å². The Kier molecular flexibility index (Phi) is 4.37. The van der Waals surface area contributed by atoms with Crippen LogP contribution >= 0.6 is 0 Å². The van der Waals surface area contributed by atoms with Crippen LogP contribution < -0.4 is 0 Å². The first-order valence-corrected chi connectivity index (χ1v) is 7.80. The van der Waals surface area contributed by atoms with Crippen molar-refractivity contribution >= 4 is 5.91 Å². The van der Waals surface area contributed by atoms with Crippen LogP contribution in [0.3, 0.4) is 0 Å². The fourth-order valence-electron chi connectivity index (χ4n) is 3.77. The lowest BCUT2D eigenvalue weighted by atomic mass is 9.77. The van der Waals surface area contributed by atoms with Gasteiger partial charge in [-0.3, -0.25) is 14.8 Å². The lowest BCUT2D eigenvalue weighted by Gasteiger charge is -2.42. The predicted molar refractivity (Wildman–Crippen MR) is 78.9 cm³/mol. The number of carbonyl (C=O) groups is 1. The molecule has 3 heterocycles. The standard InChI is InChI=1S/C15H22F2N4O2/c1-23-5-4-21-3-2-14(13(21)22)9-15(16,17)11-20(10-14)8-12-6-18-19-7-12/h6-7H,2-5,8-11H2,1H3,(H,18,19)/t14-/m1/s1. The van der Waals surface area contributed by atoms with Gasteiger partial charge in [0.2, 0.25) is 5.91 Å². The minimum absolute atomic E-state index is 0.161. The van der Waals surface area contributed by atoms with E-state index in [9.17, 15) is 13.6 Å². The molecule has 3 rings (SSSR count). The maximum atomic E-state index is 14.3. The largest absolute Gasteiger partial charge is 0.383 e. The number of H-pyrrole nitrogens is 1. The maximum absolute atomic E-state index is 14.3. The number of hydrogen-bond acceptors (Lipinski definition) is 4. The SMILES string of the molecule is COCCN1CC[C@@]2(CN(Cc3cn[nH]c3)CC(F)(F)C2)C1=O. The molecule has 0 radical (unpaired) electrons. The van der Waals surface area contributed by atoms with Gasteiger partial charge in [-0.15, -0.1) is 0 Å². The van der Waals surface area contributed by atoms with Crippen LogP contribution in [0.4, 0.5) is 8.78 Å². The van der Waals surface area contributed by atoms with Crippen molar-refractivity contribution in [1.29, 1.82) is 0 Å². The van der Waals surface area contributed by atoms with Crippen molar-refractivity contribution in [3.05, 3.63) is 18.0 Å². The molecule has 0 saturated carbocycles. The molecule has 8 heteroatoms. The second-order valence-corrected chi connectivity index (χ2v) is 6.60. The molecule has 2 saturated heterocycles. The monoisotopic (exact) mass is 328 g/mol. The highest BCUT2D eigenvalue weighted by atomic mass is 19.3. The summed E-state index contributed by atoms with van der Waals surface area (Å²) >= 11 is 0. The van der Waals surface area contributed by atoms with Crippen molar-refractivity contribution in [2.45, 2.75) is 25.3 Å². The minimum atomic E-state index is -2.85. The molecule has 2 aliphatic heterocycles. The lowest BCUT2D eigenvalue weighted by molar-refractivity contribution is -0.155. The zero-order chi connectivity index (χ0) is 16.5. The molecule has 0 aliphatic carbocycles. The van der Waals surface area contributed by atoms with Crippen LogP contribution in [0.5, 0.6) is 0 Å². The van der Waals surface area contributed by atoms with Crippen molar-refractivity contribution in [2.24, 2.45) is 5.41 Å². The van der Waals surface area contributed by atoms with Crippen LogP contribution in [0.25, 0.3) is 0 Å². The summed E-state index contributed by atoms with van der Waals surface area (Å²) in [5.74, 6) is -3.01. The summed E-state index contributed by atoms with van der Waals surface area (Å²) in [7, 11) is 1.57. The van der Waals surface area contributed by atoms with Gasteiger partial charge in [-0.05, 0) is 6.42 Å². The fourth-order valence-corrected chi connectivity index (χ4v) is 3.77. The maximum Gasteiger partial charge on any atom is 0.261 e. The van der Waals surface area contributed by atoms with Crippen LogP contribution in [0.1, 0.15) is 18.4 Å². The number of likely N-dealkylation sites (tertiary alicyclic amines) is 2. The Morgan fingerprint density at radius 2 is 2.26 bits per heavy atom. The Labute approximate surface area is 133 Å². The first-order valence-electron chi connectivity index (χ1n) is 7.80. The van der Waals surface area contributed by atoms with Gasteiger partial charge >= 0.3 is 0 Å². The third-order valence-corrected chi connectivity index (χ3v) is 4.71. The van der Waals surface area contributed by atoms with Crippen molar-refractivity contribution in [1.82, 2.24) is 20.0 Å². The topological polar surface area (TPSA) is 61.5 Å². The first kappa shape index (κ1) is 16.3. The number of rotatable bonds is 5.